The third kappa shape index (κ3) is 3.35. The minimum Gasteiger partial charge on any atom is -0.496 e. The van der Waals surface area contributed by atoms with E-state index in [1.54, 1.807) is 32.5 Å². The summed E-state index contributed by atoms with van der Waals surface area (Å²) < 4.78 is 15.9. The van der Waals surface area contributed by atoms with E-state index in [-0.39, 0.29) is 18.1 Å². The summed E-state index contributed by atoms with van der Waals surface area (Å²) in [7, 11) is 3.22. The van der Waals surface area contributed by atoms with E-state index < -0.39 is 0 Å². The maximum atomic E-state index is 12.3. The average molecular weight is 317 g/mol. The van der Waals surface area contributed by atoms with E-state index >= 15 is 0 Å². The first-order valence-corrected chi connectivity index (χ1v) is 7.35. The van der Waals surface area contributed by atoms with E-state index in [1.165, 1.54) is 6.39 Å². The number of hydrogen-bond donors (Lipinski definition) is 2. The second-order valence-corrected chi connectivity index (χ2v) is 5.32. The molecule has 7 heteroatoms. The summed E-state index contributed by atoms with van der Waals surface area (Å²) in [5, 5.41) is 6.04. The van der Waals surface area contributed by atoms with Crippen molar-refractivity contribution in [3.05, 3.63) is 30.8 Å². The van der Waals surface area contributed by atoms with Crippen LogP contribution in [0.15, 0.2) is 35.2 Å². The van der Waals surface area contributed by atoms with Crippen molar-refractivity contribution in [1.29, 1.82) is 0 Å². The Morgan fingerprint density at radius 1 is 1.43 bits per heavy atom. The fourth-order valence-electron chi connectivity index (χ4n) is 2.63. The number of amides is 1. The second-order valence-electron chi connectivity index (χ2n) is 5.32. The van der Waals surface area contributed by atoms with Gasteiger partial charge in [-0.3, -0.25) is 4.79 Å². The van der Waals surface area contributed by atoms with Gasteiger partial charge in [-0.1, -0.05) is 0 Å². The molecule has 1 aliphatic rings. The number of rotatable bonds is 5. The maximum Gasteiger partial charge on any atom is 0.241 e. The van der Waals surface area contributed by atoms with Gasteiger partial charge in [0.25, 0.3) is 0 Å². The Hall–Kier alpha value is -2.38. The number of aromatic nitrogens is 1. The van der Waals surface area contributed by atoms with Gasteiger partial charge < -0.3 is 24.5 Å². The molecular weight excluding hydrogens is 298 g/mol. The summed E-state index contributed by atoms with van der Waals surface area (Å²) in [5.74, 6) is 1.13. The van der Waals surface area contributed by atoms with Gasteiger partial charge in [0.05, 0.1) is 31.0 Å². The van der Waals surface area contributed by atoms with Crippen molar-refractivity contribution in [1.82, 2.24) is 10.3 Å². The van der Waals surface area contributed by atoms with Crippen LogP contribution in [0.2, 0.25) is 0 Å². The lowest BCUT2D eigenvalue weighted by atomic mass is 10.1. The number of nitrogens with one attached hydrogen (secondary N) is 2. The van der Waals surface area contributed by atoms with Gasteiger partial charge in [0, 0.05) is 25.4 Å². The molecule has 2 aromatic rings. The summed E-state index contributed by atoms with van der Waals surface area (Å²) in [6, 6.07) is 5.15. The highest BCUT2D eigenvalue weighted by Gasteiger charge is 2.29. The molecule has 2 unspecified atom stereocenters. The topological polar surface area (TPSA) is 85.6 Å². The second kappa shape index (κ2) is 6.80. The molecule has 0 radical (unpaired) electrons. The molecule has 1 fully saturated rings. The Bertz CT molecular complexity index is 672. The first kappa shape index (κ1) is 15.5. The third-order valence-electron chi connectivity index (χ3n) is 3.91. The quantitative estimate of drug-likeness (QED) is 0.872. The summed E-state index contributed by atoms with van der Waals surface area (Å²) in [5.41, 5.74) is 1.44. The van der Waals surface area contributed by atoms with Crippen molar-refractivity contribution in [2.45, 2.75) is 18.6 Å². The number of nitrogens with zero attached hydrogens (tertiary/aromatic N) is 1. The Balaban J connectivity index is 1.72. The fourth-order valence-corrected chi connectivity index (χ4v) is 2.63. The van der Waals surface area contributed by atoms with Crippen molar-refractivity contribution >= 4 is 11.6 Å². The van der Waals surface area contributed by atoms with Crippen molar-refractivity contribution in [3.8, 4) is 17.1 Å². The molecule has 1 saturated heterocycles. The molecule has 3 rings (SSSR count). The van der Waals surface area contributed by atoms with Crippen LogP contribution in [0.1, 0.15) is 6.42 Å². The van der Waals surface area contributed by atoms with E-state index in [4.69, 9.17) is 13.9 Å². The molecule has 1 aliphatic heterocycles. The third-order valence-corrected chi connectivity index (χ3v) is 3.91. The molecule has 0 bridgehead atoms. The van der Waals surface area contributed by atoms with E-state index in [0.29, 0.717) is 30.2 Å². The SMILES string of the molecule is COc1cc(NC(=O)C2CC(OC)CN2)ccc1-c1cnco1. The molecule has 0 saturated carbocycles. The average Bonchev–Trinajstić information content (AvgIpc) is 3.26. The first-order chi connectivity index (χ1) is 11.2. The van der Waals surface area contributed by atoms with Crippen molar-refractivity contribution < 1.29 is 18.7 Å². The zero-order valence-corrected chi connectivity index (χ0v) is 13.0. The zero-order chi connectivity index (χ0) is 16.2. The number of anilines is 1. The highest BCUT2D eigenvalue weighted by atomic mass is 16.5. The van der Waals surface area contributed by atoms with Gasteiger partial charge in [-0.2, -0.15) is 0 Å². The van der Waals surface area contributed by atoms with Gasteiger partial charge in [-0.15, -0.1) is 0 Å². The van der Waals surface area contributed by atoms with Gasteiger partial charge in [0.2, 0.25) is 5.91 Å². The molecule has 1 amide bonds. The lowest BCUT2D eigenvalue weighted by Gasteiger charge is -2.13. The minimum atomic E-state index is -0.250. The Kier molecular flexibility index (Phi) is 4.59. The molecule has 2 N–H and O–H groups in total. The Morgan fingerprint density at radius 2 is 2.30 bits per heavy atom. The van der Waals surface area contributed by atoms with Crippen LogP contribution in [0.25, 0.3) is 11.3 Å². The van der Waals surface area contributed by atoms with Crippen LogP contribution in [-0.2, 0) is 9.53 Å². The van der Waals surface area contributed by atoms with Crippen LogP contribution < -0.4 is 15.4 Å². The maximum absolute atomic E-state index is 12.3. The number of hydrogen-bond acceptors (Lipinski definition) is 6. The molecule has 0 spiro atoms. The highest BCUT2D eigenvalue weighted by Crippen LogP contribution is 2.32. The van der Waals surface area contributed by atoms with E-state index in [9.17, 15) is 4.79 Å². The van der Waals surface area contributed by atoms with Gasteiger partial charge in [-0.25, -0.2) is 4.98 Å². The van der Waals surface area contributed by atoms with Crippen LogP contribution in [0.5, 0.6) is 5.75 Å². The number of carbonyl (C=O) groups excluding carboxylic acids is 1. The first-order valence-electron chi connectivity index (χ1n) is 7.35. The van der Waals surface area contributed by atoms with Crippen LogP contribution in [0, 0.1) is 0 Å². The molecule has 2 heterocycles. The minimum absolute atomic E-state index is 0.0779. The lowest BCUT2D eigenvalue weighted by Crippen LogP contribution is -2.35. The van der Waals surface area contributed by atoms with Crippen molar-refractivity contribution in [2.24, 2.45) is 0 Å². The molecule has 122 valence electrons. The van der Waals surface area contributed by atoms with Gasteiger partial charge in [0.15, 0.2) is 12.2 Å². The Labute approximate surface area is 134 Å². The largest absolute Gasteiger partial charge is 0.496 e. The number of ether oxygens (including phenoxy) is 2. The normalized spacial score (nSPS) is 20.4. The molecule has 7 nitrogen and oxygen atoms in total. The Morgan fingerprint density at radius 3 is 2.96 bits per heavy atom. The molecule has 23 heavy (non-hydrogen) atoms. The summed E-state index contributed by atoms with van der Waals surface area (Å²) in [6.45, 7) is 0.683. The smallest absolute Gasteiger partial charge is 0.241 e. The van der Waals surface area contributed by atoms with Crippen molar-refractivity contribution in [3.63, 3.8) is 0 Å². The fraction of sp³-hybridized carbons (Fsp3) is 0.375. The highest BCUT2D eigenvalue weighted by molar-refractivity contribution is 5.95. The number of carbonyl (C=O) groups is 1. The predicted molar refractivity (Wildman–Crippen MR) is 84.3 cm³/mol. The molecule has 0 aliphatic carbocycles. The number of oxazole rings is 1. The van der Waals surface area contributed by atoms with Crippen LogP contribution >= 0.6 is 0 Å². The van der Waals surface area contributed by atoms with Gasteiger partial charge in [0.1, 0.15) is 5.75 Å². The predicted octanol–water partition coefficient (Wildman–Crippen LogP) is 1.67. The standard InChI is InChI=1S/C16H19N3O4/c1-21-11-6-13(18-7-11)16(20)19-10-3-4-12(14(5-10)22-2)15-8-17-9-23-15/h3-5,8-9,11,13,18H,6-7H2,1-2H3,(H,19,20). The zero-order valence-electron chi connectivity index (χ0n) is 13.0. The summed E-state index contributed by atoms with van der Waals surface area (Å²) in [4.78, 5) is 16.2. The lowest BCUT2D eigenvalue weighted by molar-refractivity contribution is -0.118. The number of methoxy groups -OCH3 is 2. The van der Waals surface area contributed by atoms with Gasteiger partial charge in [-0.05, 0) is 18.6 Å². The van der Waals surface area contributed by atoms with E-state index in [2.05, 4.69) is 15.6 Å². The van der Waals surface area contributed by atoms with E-state index in [0.717, 1.165) is 5.56 Å². The monoisotopic (exact) mass is 317 g/mol. The van der Waals surface area contributed by atoms with Crippen LogP contribution in [0.4, 0.5) is 5.69 Å². The van der Waals surface area contributed by atoms with E-state index in [1.807, 2.05) is 6.07 Å². The van der Waals surface area contributed by atoms with Gasteiger partial charge >= 0.3 is 0 Å². The van der Waals surface area contributed by atoms with Crippen LogP contribution in [0.3, 0.4) is 0 Å². The number of benzene rings is 1. The summed E-state index contributed by atoms with van der Waals surface area (Å²) in [6.07, 6.45) is 3.72. The molecule has 2 atom stereocenters. The summed E-state index contributed by atoms with van der Waals surface area (Å²) >= 11 is 0. The van der Waals surface area contributed by atoms with Crippen molar-refractivity contribution in [2.75, 3.05) is 26.1 Å². The molecule has 1 aromatic heterocycles. The molecular formula is C16H19N3O4. The van der Waals surface area contributed by atoms with Crippen LogP contribution in [-0.4, -0.2) is 43.8 Å². The molecule has 1 aromatic carbocycles.